The van der Waals surface area contributed by atoms with E-state index in [1.54, 1.807) is 20.1 Å². The van der Waals surface area contributed by atoms with Crippen LogP contribution in [0.15, 0.2) is 12.1 Å². The van der Waals surface area contributed by atoms with E-state index in [-0.39, 0.29) is 11.4 Å². The molecule has 2 N–H and O–H groups in total. The third-order valence-electron chi connectivity index (χ3n) is 3.02. The van der Waals surface area contributed by atoms with Gasteiger partial charge in [0.15, 0.2) is 0 Å². The van der Waals surface area contributed by atoms with Gasteiger partial charge in [0, 0.05) is 11.1 Å². The molecule has 0 spiro atoms. The second kappa shape index (κ2) is 3.49. The maximum atomic E-state index is 13.5. The van der Waals surface area contributed by atoms with Gasteiger partial charge >= 0.3 is 0 Å². The van der Waals surface area contributed by atoms with Crippen LogP contribution in [-0.4, -0.2) is 12.6 Å². The highest BCUT2D eigenvalue weighted by molar-refractivity contribution is 5.38. The topological polar surface area (TPSA) is 35.2 Å². The zero-order valence-corrected chi connectivity index (χ0v) is 9.14. The van der Waals surface area contributed by atoms with Crippen LogP contribution in [0.2, 0.25) is 0 Å². The van der Waals surface area contributed by atoms with Crippen LogP contribution in [0.3, 0.4) is 0 Å². The fraction of sp³-hybridized carbons (Fsp3) is 0.500. The van der Waals surface area contributed by atoms with Gasteiger partial charge in [0.2, 0.25) is 0 Å². The van der Waals surface area contributed by atoms with E-state index in [0.29, 0.717) is 11.3 Å². The number of benzene rings is 1. The largest absolute Gasteiger partial charge is 0.496 e. The molecule has 0 bridgehead atoms. The van der Waals surface area contributed by atoms with E-state index in [9.17, 15) is 4.39 Å². The molecule has 0 aliphatic heterocycles. The van der Waals surface area contributed by atoms with E-state index in [4.69, 9.17) is 10.5 Å². The van der Waals surface area contributed by atoms with Gasteiger partial charge in [0.1, 0.15) is 11.6 Å². The number of hydrogen-bond donors (Lipinski definition) is 1. The van der Waals surface area contributed by atoms with Crippen LogP contribution in [0, 0.1) is 12.7 Å². The van der Waals surface area contributed by atoms with E-state index < -0.39 is 0 Å². The van der Waals surface area contributed by atoms with Crippen LogP contribution in [-0.2, 0) is 6.42 Å². The van der Waals surface area contributed by atoms with Gasteiger partial charge in [-0.05, 0) is 43.9 Å². The van der Waals surface area contributed by atoms with Crippen molar-refractivity contribution in [2.24, 2.45) is 5.73 Å². The molecule has 1 aromatic rings. The average molecular weight is 209 g/mol. The average Bonchev–Trinajstić information content (AvgIpc) is 2.89. The summed E-state index contributed by atoms with van der Waals surface area (Å²) in [4.78, 5) is 0. The summed E-state index contributed by atoms with van der Waals surface area (Å²) >= 11 is 0. The molecule has 1 aliphatic carbocycles. The Morgan fingerprint density at radius 2 is 2.13 bits per heavy atom. The Labute approximate surface area is 89.2 Å². The lowest BCUT2D eigenvalue weighted by molar-refractivity contribution is 0.406. The van der Waals surface area contributed by atoms with Gasteiger partial charge in [-0.3, -0.25) is 0 Å². The zero-order chi connectivity index (χ0) is 11.1. The van der Waals surface area contributed by atoms with Gasteiger partial charge in [-0.25, -0.2) is 4.39 Å². The molecule has 2 nitrogen and oxygen atoms in total. The third kappa shape index (κ3) is 2.12. The predicted molar refractivity (Wildman–Crippen MR) is 57.5 cm³/mol. The van der Waals surface area contributed by atoms with Gasteiger partial charge in [-0.1, -0.05) is 0 Å². The molecule has 1 aliphatic rings. The molecule has 0 aromatic heterocycles. The van der Waals surface area contributed by atoms with Crippen LogP contribution >= 0.6 is 0 Å². The van der Waals surface area contributed by atoms with E-state index in [0.717, 1.165) is 24.8 Å². The molecular weight excluding hydrogens is 193 g/mol. The number of halogens is 1. The van der Waals surface area contributed by atoms with Crippen LogP contribution in [0.1, 0.15) is 24.0 Å². The Bertz CT molecular complexity index is 385. The first-order chi connectivity index (χ1) is 7.04. The Morgan fingerprint density at radius 1 is 1.47 bits per heavy atom. The maximum absolute atomic E-state index is 13.5. The fourth-order valence-electron chi connectivity index (χ4n) is 1.76. The highest BCUT2D eigenvalue weighted by Crippen LogP contribution is 2.36. The highest BCUT2D eigenvalue weighted by atomic mass is 19.1. The lowest BCUT2D eigenvalue weighted by Crippen LogP contribution is -2.24. The van der Waals surface area contributed by atoms with Gasteiger partial charge in [0.25, 0.3) is 0 Å². The van der Waals surface area contributed by atoms with E-state index in [1.165, 1.54) is 0 Å². The summed E-state index contributed by atoms with van der Waals surface area (Å²) < 4.78 is 18.6. The SMILES string of the molecule is COc1cc(CC2(N)CC2)cc(F)c1C. The first-order valence-electron chi connectivity index (χ1n) is 5.16. The van der Waals surface area contributed by atoms with Crippen molar-refractivity contribution in [3.63, 3.8) is 0 Å². The zero-order valence-electron chi connectivity index (χ0n) is 9.14. The number of ether oxygens (including phenoxy) is 1. The van der Waals surface area contributed by atoms with Crippen LogP contribution in [0.25, 0.3) is 0 Å². The molecule has 0 radical (unpaired) electrons. The molecule has 0 atom stereocenters. The second-order valence-corrected chi connectivity index (χ2v) is 4.44. The number of rotatable bonds is 3. The van der Waals surface area contributed by atoms with Crippen molar-refractivity contribution in [2.75, 3.05) is 7.11 Å². The van der Waals surface area contributed by atoms with Crippen molar-refractivity contribution in [3.05, 3.63) is 29.1 Å². The molecule has 2 rings (SSSR count). The van der Waals surface area contributed by atoms with Crippen LogP contribution in [0.4, 0.5) is 4.39 Å². The van der Waals surface area contributed by atoms with Crippen molar-refractivity contribution >= 4 is 0 Å². The molecule has 0 saturated heterocycles. The molecule has 1 saturated carbocycles. The molecule has 0 heterocycles. The normalized spacial score (nSPS) is 17.6. The van der Waals surface area contributed by atoms with Crippen molar-refractivity contribution in [1.82, 2.24) is 0 Å². The van der Waals surface area contributed by atoms with E-state index >= 15 is 0 Å². The first-order valence-corrected chi connectivity index (χ1v) is 5.16. The molecule has 82 valence electrons. The molecule has 1 fully saturated rings. The van der Waals surface area contributed by atoms with E-state index in [2.05, 4.69) is 0 Å². The van der Waals surface area contributed by atoms with Gasteiger partial charge in [-0.15, -0.1) is 0 Å². The molecule has 15 heavy (non-hydrogen) atoms. The Hall–Kier alpha value is -1.09. The van der Waals surface area contributed by atoms with Gasteiger partial charge in [-0.2, -0.15) is 0 Å². The minimum atomic E-state index is -0.214. The fourth-order valence-corrected chi connectivity index (χ4v) is 1.76. The third-order valence-corrected chi connectivity index (χ3v) is 3.02. The quantitative estimate of drug-likeness (QED) is 0.828. The number of hydrogen-bond acceptors (Lipinski definition) is 2. The first kappa shape index (κ1) is 10.4. The highest BCUT2D eigenvalue weighted by Gasteiger charge is 2.38. The van der Waals surface area contributed by atoms with Gasteiger partial charge in [0.05, 0.1) is 7.11 Å². The molecule has 3 heteroatoms. The minimum absolute atomic E-state index is 0.0906. The van der Waals surface area contributed by atoms with Gasteiger partial charge < -0.3 is 10.5 Å². The van der Waals surface area contributed by atoms with E-state index in [1.807, 2.05) is 6.07 Å². The predicted octanol–water partition coefficient (Wildman–Crippen LogP) is 2.18. The summed E-state index contributed by atoms with van der Waals surface area (Å²) in [6.07, 6.45) is 2.80. The number of methoxy groups -OCH3 is 1. The molecular formula is C12H16FNO. The Balaban J connectivity index is 2.28. The minimum Gasteiger partial charge on any atom is -0.496 e. The lowest BCUT2D eigenvalue weighted by Gasteiger charge is -2.12. The molecule has 0 unspecified atom stereocenters. The Morgan fingerprint density at radius 3 is 2.67 bits per heavy atom. The summed E-state index contributed by atoms with van der Waals surface area (Å²) in [6.45, 7) is 1.72. The smallest absolute Gasteiger partial charge is 0.130 e. The van der Waals surface area contributed by atoms with Crippen LogP contribution < -0.4 is 10.5 Å². The summed E-state index contributed by atoms with van der Waals surface area (Å²) in [5, 5.41) is 0. The van der Waals surface area contributed by atoms with Crippen molar-refractivity contribution in [3.8, 4) is 5.75 Å². The summed E-state index contributed by atoms with van der Waals surface area (Å²) in [5.41, 5.74) is 7.39. The summed E-state index contributed by atoms with van der Waals surface area (Å²) in [7, 11) is 1.56. The summed E-state index contributed by atoms with van der Waals surface area (Å²) in [5.74, 6) is 0.392. The van der Waals surface area contributed by atoms with Crippen molar-refractivity contribution in [2.45, 2.75) is 31.7 Å². The standard InChI is InChI=1S/C12H16FNO/c1-8-10(13)5-9(6-11(8)15-2)7-12(14)3-4-12/h5-6H,3-4,7,14H2,1-2H3. The van der Waals surface area contributed by atoms with Crippen LogP contribution in [0.5, 0.6) is 5.75 Å². The van der Waals surface area contributed by atoms with Crippen molar-refractivity contribution in [1.29, 1.82) is 0 Å². The lowest BCUT2D eigenvalue weighted by atomic mass is 10.0. The molecule has 1 aromatic carbocycles. The number of nitrogens with two attached hydrogens (primary N) is 1. The monoisotopic (exact) mass is 209 g/mol. The van der Waals surface area contributed by atoms with Crippen molar-refractivity contribution < 1.29 is 9.13 Å². The second-order valence-electron chi connectivity index (χ2n) is 4.44. The molecule has 0 amide bonds. The summed E-state index contributed by atoms with van der Waals surface area (Å²) in [6, 6.07) is 3.44. The maximum Gasteiger partial charge on any atom is 0.130 e. The Kier molecular flexibility index (Phi) is 2.43.